The number of urea groups is 1. The monoisotopic (exact) mass is 513 g/mol. The summed E-state index contributed by atoms with van der Waals surface area (Å²) in [5.74, 6) is 3.32. The van der Waals surface area contributed by atoms with E-state index < -0.39 is 11.7 Å². The third kappa shape index (κ3) is 7.61. The van der Waals surface area contributed by atoms with Crippen molar-refractivity contribution in [2.45, 2.75) is 97.5 Å². The average Bonchev–Trinajstić information content (AvgIpc) is 2.82. The number of hydrogen-bond donors (Lipinski definition) is 0. The van der Waals surface area contributed by atoms with Gasteiger partial charge in [0, 0.05) is 25.5 Å². The molecule has 4 bridgehead atoms. The van der Waals surface area contributed by atoms with Crippen molar-refractivity contribution in [1.29, 1.82) is 0 Å². The first-order valence-corrected chi connectivity index (χ1v) is 14.5. The molecule has 7 heteroatoms. The van der Waals surface area contributed by atoms with Gasteiger partial charge in [0.2, 0.25) is 0 Å². The van der Waals surface area contributed by atoms with Gasteiger partial charge in [-0.3, -0.25) is 4.98 Å². The van der Waals surface area contributed by atoms with E-state index in [0.29, 0.717) is 24.3 Å². The van der Waals surface area contributed by atoms with E-state index in [4.69, 9.17) is 9.47 Å². The number of pyridine rings is 1. The normalized spacial score (nSPS) is 26.1. The molecule has 4 aliphatic rings. The summed E-state index contributed by atoms with van der Waals surface area (Å²) >= 11 is 0. The Balaban J connectivity index is 1.44. The first-order valence-electron chi connectivity index (χ1n) is 14.5. The van der Waals surface area contributed by atoms with Crippen molar-refractivity contribution in [2.24, 2.45) is 23.2 Å². The van der Waals surface area contributed by atoms with E-state index >= 15 is 0 Å². The minimum Gasteiger partial charge on any atom is -0.492 e. The van der Waals surface area contributed by atoms with Gasteiger partial charge in [0.15, 0.2) is 0 Å². The number of rotatable bonds is 11. The van der Waals surface area contributed by atoms with Crippen LogP contribution in [0.2, 0.25) is 0 Å². The van der Waals surface area contributed by atoms with Gasteiger partial charge in [0.1, 0.15) is 18.0 Å². The van der Waals surface area contributed by atoms with E-state index in [-0.39, 0.29) is 19.2 Å². The lowest BCUT2D eigenvalue weighted by molar-refractivity contribution is -0.0600. The highest BCUT2D eigenvalue weighted by molar-refractivity contribution is 5.91. The van der Waals surface area contributed by atoms with Crippen molar-refractivity contribution >= 4 is 12.1 Å². The Kier molecular flexibility index (Phi) is 9.02. The van der Waals surface area contributed by atoms with E-state index in [1.807, 2.05) is 25.7 Å². The maximum atomic E-state index is 13.9. The highest BCUT2D eigenvalue weighted by Gasteiger charge is 2.50. The Morgan fingerprint density at radius 3 is 2.16 bits per heavy atom. The SMILES string of the molecule is CCCCCN(CCC12CC3CC(CC(C3)C1)C2)C(=O)N(CCOc1ccncc1)C(=O)OC(C)(C)C. The third-order valence-electron chi connectivity index (χ3n) is 8.46. The summed E-state index contributed by atoms with van der Waals surface area (Å²) in [5, 5.41) is 0. The van der Waals surface area contributed by atoms with Crippen molar-refractivity contribution < 1.29 is 19.1 Å². The fourth-order valence-electron chi connectivity index (χ4n) is 7.27. The van der Waals surface area contributed by atoms with Gasteiger partial charge in [-0.1, -0.05) is 19.8 Å². The van der Waals surface area contributed by atoms with Gasteiger partial charge < -0.3 is 14.4 Å². The van der Waals surface area contributed by atoms with E-state index in [9.17, 15) is 9.59 Å². The van der Waals surface area contributed by atoms with Crippen LogP contribution >= 0.6 is 0 Å². The van der Waals surface area contributed by atoms with Crippen LogP contribution in [0.15, 0.2) is 24.5 Å². The number of amides is 3. The van der Waals surface area contributed by atoms with E-state index in [2.05, 4.69) is 11.9 Å². The molecule has 0 aliphatic heterocycles. The lowest BCUT2D eigenvalue weighted by atomic mass is 9.49. The molecule has 0 atom stereocenters. The molecule has 1 aromatic heterocycles. The molecule has 1 heterocycles. The average molecular weight is 514 g/mol. The second kappa shape index (κ2) is 12.0. The molecular weight excluding hydrogens is 466 g/mol. The standard InChI is InChI=1S/C30H47N3O4/c1-5-6-7-13-32(14-10-30-20-23-17-24(21-30)19-25(18-23)22-30)27(34)33(28(35)37-29(2,3)4)15-16-36-26-8-11-31-12-9-26/h8-9,11-12,23-25H,5-7,10,13-22H2,1-4H3. The lowest BCUT2D eigenvalue weighted by Crippen LogP contribution is -2.51. The van der Waals surface area contributed by atoms with Crippen molar-refractivity contribution in [2.75, 3.05) is 26.2 Å². The molecular formula is C30H47N3O4. The van der Waals surface area contributed by atoms with Gasteiger partial charge in [-0.15, -0.1) is 0 Å². The Labute approximate surface area is 223 Å². The van der Waals surface area contributed by atoms with Crippen LogP contribution < -0.4 is 4.74 Å². The van der Waals surface area contributed by atoms with E-state index in [0.717, 1.165) is 43.4 Å². The predicted octanol–water partition coefficient (Wildman–Crippen LogP) is 6.92. The summed E-state index contributed by atoms with van der Waals surface area (Å²) in [7, 11) is 0. The number of carbonyl (C=O) groups excluding carboxylic acids is 2. The molecule has 4 aliphatic carbocycles. The Hall–Kier alpha value is -2.31. The van der Waals surface area contributed by atoms with Gasteiger partial charge in [-0.2, -0.15) is 0 Å². The first kappa shape index (κ1) is 27.7. The van der Waals surface area contributed by atoms with Gasteiger partial charge in [0.25, 0.3) is 0 Å². The number of carbonyl (C=O) groups is 2. The van der Waals surface area contributed by atoms with Crippen LogP contribution in [0.5, 0.6) is 5.75 Å². The van der Waals surface area contributed by atoms with Crippen LogP contribution in [0.1, 0.15) is 91.9 Å². The summed E-state index contributed by atoms with van der Waals surface area (Å²) in [4.78, 5) is 34.3. The zero-order valence-corrected chi connectivity index (χ0v) is 23.4. The fourth-order valence-corrected chi connectivity index (χ4v) is 7.27. The predicted molar refractivity (Wildman–Crippen MR) is 144 cm³/mol. The van der Waals surface area contributed by atoms with Crippen molar-refractivity contribution in [3.8, 4) is 5.75 Å². The molecule has 0 aromatic carbocycles. The topological polar surface area (TPSA) is 72.0 Å². The van der Waals surface area contributed by atoms with Crippen molar-refractivity contribution in [1.82, 2.24) is 14.8 Å². The number of imide groups is 1. The van der Waals surface area contributed by atoms with Crippen LogP contribution in [0.4, 0.5) is 9.59 Å². The molecule has 0 unspecified atom stereocenters. The highest BCUT2D eigenvalue weighted by atomic mass is 16.6. The quantitative estimate of drug-likeness (QED) is 0.300. The number of ether oxygens (including phenoxy) is 2. The Morgan fingerprint density at radius 1 is 0.973 bits per heavy atom. The maximum Gasteiger partial charge on any atom is 0.418 e. The zero-order valence-electron chi connectivity index (χ0n) is 23.4. The molecule has 3 amide bonds. The smallest absolute Gasteiger partial charge is 0.418 e. The Bertz CT molecular complexity index is 863. The lowest BCUT2D eigenvalue weighted by Gasteiger charge is -2.57. The van der Waals surface area contributed by atoms with E-state index in [1.54, 1.807) is 24.5 Å². The summed E-state index contributed by atoms with van der Waals surface area (Å²) in [5.41, 5.74) is -0.299. The van der Waals surface area contributed by atoms with Gasteiger partial charge in [-0.25, -0.2) is 14.5 Å². The Morgan fingerprint density at radius 2 is 1.59 bits per heavy atom. The van der Waals surface area contributed by atoms with Crippen molar-refractivity contribution in [3.63, 3.8) is 0 Å². The molecule has 37 heavy (non-hydrogen) atoms. The summed E-state index contributed by atoms with van der Waals surface area (Å²) < 4.78 is 11.5. The molecule has 7 nitrogen and oxygen atoms in total. The minimum absolute atomic E-state index is 0.137. The van der Waals surface area contributed by atoms with Gasteiger partial charge >= 0.3 is 12.1 Å². The van der Waals surface area contributed by atoms with E-state index in [1.165, 1.54) is 43.4 Å². The van der Waals surface area contributed by atoms with Crippen LogP contribution in [0, 0.1) is 23.2 Å². The number of aromatic nitrogens is 1. The van der Waals surface area contributed by atoms with Gasteiger partial charge in [0.05, 0.1) is 6.54 Å². The van der Waals surface area contributed by atoms with Crippen molar-refractivity contribution in [3.05, 3.63) is 24.5 Å². The minimum atomic E-state index is -0.687. The second-order valence-electron chi connectivity index (χ2n) is 12.8. The van der Waals surface area contributed by atoms with Crippen LogP contribution in [0.3, 0.4) is 0 Å². The molecule has 0 saturated heterocycles. The first-order chi connectivity index (χ1) is 17.7. The molecule has 4 fully saturated rings. The fraction of sp³-hybridized carbons (Fsp3) is 0.767. The van der Waals surface area contributed by atoms with Crippen LogP contribution in [-0.4, -0.2) is 58.8 Å². The molecule has 0 spiro atoms. The maximum absolute atomic E-state index is 13.9. The molecule has 206 valence electrons. The van der Waals surface area contributed by atoms with Crippen LogP contribution in [-0.2, 0) is 4.74 Å². The third-order valence-corrected chi connectivity index (χ3v) is 8.46. The zero-order chi connectivity index (χ0) is 26.5. The molecule has 4 saturated carbocycles. The largest absolute Gasteiger partial charge is 0.492 e. The number of nitrogens with zero attached hydrogens (tertiary/aromatic N) is 3. The molecule has 0 radical (unpaired) electrons. The summed E-state index contributed by atoms with van der Waals surface area (Å²) in [6.07, 6.45) is 15.1. The van der Waals surface area contributed by atoms with Gasteiger partial charge in [-0.05, 0) is 107 Å². The number of hydrogen-bond acceptors (Lipinski definition) is 5. The second-order valence-corrected chi connectivity index (χ2v) is 12.8. The summed E-state index contributed by atoms with van der Waals surface area (Å²) in [6.45, 7) is 9.37. The molecule has 1 aromatic rings. The molecule has 5 rings (SSSR count). The molecule has 0 N–H and O–H groups in total. The highest BCUT2D eigenvalue weighted by Crippen LogP contribution is 2.61. The van der Waals surface area contributed by atoms with Crippen LogP contribution in [0.25, 0.3) is 0 Å². The number of unbranched alkanes of at least 4 members (excludes halogenated alkanes) is 2. The summed E-state index contributed by atoms with van der Waals surface area (Å²) in [6, 6.07) is 3.28.